The highest BCUT2D eigenvalue weighted by Crippen LogP contribution is 2.33. The molecule has 0 saturated heterocycles. The minimum Gasteiger partial charge on any atom is -0.477 e. The van der Waals surface area contributed by atoms with Crippen LogP contribution in [0.2, 0.25) is 0 Å². The van der Waals surface area contributed by atoms with E-state index in [2.05, 4.69) is 33.0 Å². The largest absolute Gasteiger partial charge is 0.477 e. The van der Waals surface area contributed by atoms with Gasteiger partial charge in [-0.25, -0.2) is 4.79 Å². The summed E-state index contributed by atoms with van der Waals surface area (Å²) in [6.07, 6.45) is 0. The van der Waals surface area contributed by atoms with Gasteiger partial charge in [0.1, 0.15) is 4.88 Å². The quantitative estimate of drug-likeness (QED) is 0.815. The Morgan fingerprint density at radius 3 is 1.91 bits per heavy atom. The van der Waals surface area contributed by atoms with Crippen molar-refractivity contribution in [3.05, 3.63) is 51.2 Å². The Bertz CT molecular complexity index is 705. The maximum absolute atomic E-state index is 12.5. The molecule has 0 aliphatic carbocycles. The molecule has 0 spiro atoms. The summed E-state index contributed by atoms with van der Waals surface area (Å²) in [5, 5.41) is 12.0. The van der Waals surface area contributed by atoms with Crippen molar-refractivity contribution in [1.29, 1.82) is 0 Å². The van der Waals surface area contributed by atoms with Gasteiger partial charge in [0, 0.05) is 5.69 Å². The summed E-state index contributed by atoms with van der Waals surface area (Å²) in [6.45, 7) is 8.34. The van der Waals surface area contributed by atoms with Crippen molar-refractivity contribution in [2.24, 2.45) is 0 Å². The fourth-order valence-electron chi connectivity index (χ4n) is 2.45. The van der Waals surface area contributed by atoms with Crippen LogP contribution in [-0.2, 0) is 0 Å². The normalized spacial score (nSPS) is 11.0. The fraction of sp³-hybridized carbons (Fsp3) is 0.333. The number of carboxylic acid groups (broad SMARTS) is 1. The van der Waals surface area contributed by atoms with Crippen molar-refractivity contribution < 1.29 is 14.7 Å². The average molecular weight is 331 g/mol. The van der Waals surface area contributed by atoms with Gasteiger partial charge in [-0.1, -0.05) is 45.9 Å². The van der Waals surface area contributed by atoms with Crippen molar-refractivity contribution in [3.8, 4) is 0 Å². The number of benzene rings is 1. The number of amides is 1. The minimum absolute atomic E-state index is 0.163. The predicted octanol–water partition coefficient (Wildman–Crippen LogP) is 4.95. The Labute approximate surface area is 140 Å². The second-order valence-corrected chi connectivity index (χ2v) is 7.13. The lowest BCUT2D eigenvalue weighted by atomic mass is 9.92. The second-order valence-electron chi connectivity index (χ2n) is 6.04. The van der Waals surface area contributed by atoms with Gasteiger partial charge in [0.05, 0.1) is 4.88 Å². The number of hydrogen-bond acceptors (Lipinski definition) is 3. The molecule has 0 fully saturated rings. The van der Waals surface area contributed by atoms with Crippen LogP contribution in [0.3, 0.4) is 0 Å². The molecular formula is C18H21NO3S. The zero-order chi connectivity index (χ0) is 17.1. The van der Waals surface area contributed by atoms with E-state index in [1.807, 2.05) is 18.2 Å². The van der Waals surface area contributed by atoms with Crippen LogP contribution in [0.5, 0.6) is 0 Å². The average Bonchev–Trinajstić information content (AvgIpc) is 2.97. The monoisotopic (exact) mass is 331 g/mol. The zero-order valence-electron chi connectivity index (χ0n) is 13.7. The fourth-order valence-corrected chi connectivity index (χ4v) is 3.19. The van der Waals surface area contributed by atoms with E-state index in [0.717, 1.165) is 28.2 Å². The van der Waals surface area contributed by atoms with Gasteiger partial charge in [-0.2, -0.15) is 0 Å². The smallest absolute Gasteiger partial charge is 0.345 e. The van der Waals surface area contributed by atoms with Crippen LogP contribution in [0.15, 0.2) is 30.3 Å². The van der Waals surface area contributed by atoms with E-state index in [1.165, 1.54) is 6.07 Å². The minimum atomic E-state index is -1.01. The van der Waals surface area contributed by atoms with Crippen molar-refractivity contribution >= 4 is 28.9 Å². The number of nitrogens with one attached hydrogen (secondary N) is 1. The molecule has 0 aliphatic heterocycles. The highest BCUT2D eigenvalue weighted by molar-refractivity contribution is 7.15. The second kappa shape index (κ2) is 6.96. The molecule has 1 amide bonds. The Balaban J connectivity index is 2.37. The Morgan fingerprint density at radius 1 is 0.957 bits per heavy atom. The standard InChI is InChI=1S/C18H21NO3S/c1-10(2)12-6-5-7-13(11(3)4)16(12)19-17(20)14-8-9-15(23-14)18(21)22/h5-11H,1-4H3,(H,19,20)(H,21,22). The van der Waals surface area contributed by atoms with Gasteiger partial charge in [-0.15, -0.1) is 11.3 Å². The van der Waals surface area contributed by atoms with Crippen LogP contribution in [0, 0.1) is 0 Å². The van der Waals surface area contributed by atoms with E-state index < -0.39 is 5.97 Å². The van der Waals surface area contributed by atoms with Crippen molar-refractivity contribution in [2.45, 2.75) is 39.5 Å². The third-order valence-corrected chi connectivity index (χ3v) is 4.72. The van der Waals surface area contributed by atoms with E-state index >= 15 is 0 Å². The molecule has 0 saturated carbocycles. The Kier molecular flexibility index (Phi) is 5.21. The van der Waals surface area contributed by atoms with Crippen molar-refractivity contribution in [3.63, 3.8) is 0 Å². The first-order valence-electron chi connectivity index (χ1n) is 7.58. The first-order chi connectivity index (χ1) is 10.8. The summed E-state index contributed by atoms with van der Waals surface area (Å²) in [4.78, 5) is 24.0. The summed E-state index contributed by atoms with van der Waals surface area (Å²) in [5.41, 5.74) is 3.01. The Hall–Kier alpha value is -2.14. The van der Waals surface area contributed by atoms with Crippen molar-refractivity contribution in [1.82, 2.24) is 0 Å². The number of carboxylic acids is 1. The van der Waals surface area contributed by atoms with Crippen LogP contribution in [-0.4, -0.2) is 17.0 Å². The maximum Gasteiger partial charge on any atom is 0.345 e. The summed E-state index contributed by atoms with van der Waals surface area (Å²) < 4.78 is 0. The summed E-state index contributed by atoms with van der Waals surface area (Å²) in [7, 11) is 0. The van der Waals surface area contributed by atoms with Crippen LogP contribution in [0.1, 0.15) is 70.0 Å². The molecule has 23 heavy (non-hydrogen) atoms. The molecule has 0 aliphatic rings. The number of hydrogen-bond donors (Lipinski definition) is 2. The van der Waals surface area contributed by atoms with Gasteiger partial charge in [0.2, 0.25) is 0 Å². The molecule has 0 radical (unpaired) electrons. The van der Waals surface area contributed by atoms with E-state index in [4.69, 9.17) is 5.11 Å². The SMILES string of the molecule is CC(C)c1cccc(C(C)C)c1NC(=O)c1ccc(C(=O)O)s1. The molecule has 0 bridgehead atoms. The summed E-state index contributed by atoms with van der Waals surface area (Å²) in [6, 6.07) is 9.05. The molecular weight excluding hydrogens is 310 g/mol. The molecule has 122 valence electrons. The lowest BCUT2D eigenvalue weighted by molar-refractivity contribution is 0.0702. The van der Waals surface area contributed by atoms with Gasteiger partial charge < -0.3 is 10.4 Å². The number of thiophene rings is 1. The van der Waals surface area contributed by atoms with Gasteiger partial charge in [-0.3, -0.25) is 4.79 Å². The number of carbonyl (C=O) groups is 2. The molecule has 2 rings (SSSR count). The van der Waals surface area contributed by atoms with Gasteiger partial charge in [0.15, 0.2) is 0 Å². The molecule has 2 aromatic rings. The van der Waals surface area contributed by atoms with E-state index in [0.29, 0.717) is 4.88 Å². The number of aromatic carboxylic acids is 1. The van der Waals surface area contributed by atoms with E-state index in [1.54, 1.807) is 6.07 Å². The highest BCUT2D eigenvalue weighted by atomic mass is 32.1. The summed E-state index contributed by atoms with van der Waals surface area (Å²) in [5.74, 6) is -0.721. The molecule has 1 heterocycles. The number of para-hydroxylation sites is 1. The molecule has 5 heteroatoms. The molecule has 1 aromatic carbocycles. The Morgan fingerprint density at radius 2 is 1.48 bits per heavy atom. The molecule has 4 nitrogen and oxygen atoms in total. The number of anilines is 1. The van der Waals surface area contributed by atoms with Gasteiger partial charge in [-0.05, 0) is 35.1 Å². The number of rotatable bonds is 5. The van der Waals surface area contributed by atoms with Crippen molar-refractivity contribution in [2.75, 3.05) is 5.32 Å². The molecule has 0 unspecified atom stereocenters. The van der Waals surface area contributed by atoms with Gasteiger partial charge >= 0.3 is 5.97 Å². The lowest BCUT2D eigenvalue weighted by Gasteiger charge is -2.19. The summed E-state index contributed by atoms with van der Waals surface area (Å²) >= 11 is 0.985. The predicted molar refractivity (Wildman–Crippen MR) is 93.9 cm³/mol. The van der Waals surface area contributed by atoms with Crippen LogP contribution < -0.4 is 5.32 Å². The lowest BCUT2D eigenvalue weighted by Crippen LogP contribution is -2.14. The maximum atomic E-state index is 12.5. The first-order valence-corrected chi connectivity index (χ1v) is 8.40. The highest BCUT2D eigenvalue weighted by Gasteiger charge is 2.18. The molecule has 1 aromatic heterocycles. The van der Waals surface area contributed by atoms with E-state index in [9.17, 15) is 9.59 Å². The van der Waals surface area contributed by atoms with E-state index in [-0.39, 0.29) is 22.6 Å². The van der Waals surface area contributed by atoms with Crippen LogP contribution in [0.4, 0.5) is 5.69 Å². The third kappa shape index (κ3) is 3.79. The topological polar surface area (TPSA) is 66.4 Å². The first kappa shape index (κ1) is 17.2. The van der Waals surface area contributed by atoms with Crippen LogP contribution in [0.25, 0.3) is 0 Å². The molecule has 2 N–H and O–H groups in total. The third-order valence-electron chi connectivity index (χ3n) is 3.65. The number of carbonyl (C=O) groups excluding carboxylic acids is 1. The molecule has 0 atom stereocenters. The van der Waals surface area contributed by atoms with Gasteiger partial charge in [0.25, 0.3) is 5.91 Å². The zero-order valence-corrected chi connectivity index (χ0v) is 14.5. The van der Waals surface area contributed by atoms with Crippen LogP contribution >= 0.6 is 11.3 Å².